The minimum atomic E-state index is 0. The summed E-state index contributed by atoms with van der Waals surface area (Å²) >= 11 is 0. The fourth-order valence-corrected chi connectivity index (χ4v) is 1.74. The van der Waals surface area contributed by atoms with Crippen LogP contribution in [-0.2, 0) is 28.0 Å². The Morgan fingerprint density at radius 1 is 0.571 bits per heavy atom. The molecule has 0 aromatic heterocycles. The van der Waals surface area contributed by atoms with Gasteiger partial charge in [0.05, 0.1) is 13.2 Å². The van der Waals surface area contributed by atoms with Crippen molar-refractivity contribution in [3.8, 4) is 11.5 Å². The van der Waals surface area contributed by atoms with Crippen LogP contribution < -0.4 is 9.47 Å². The molecule has 5 heteroatoms. The Balaban J connectivity index is -0.0000000628. The van der Waals surface area contributed by atoms with Gasteiger partial charge in [-0.25, -0.2) is 0 Å². The summed E-state index contributed by atoms with van der Waals surface area (Å²) in [5.74, 6) is 1.84. The van der Waals surface area contributed by atoms with Gasteiger partial charge in [0.25, 0.3) is 0 Å². The Kier molecular flexibility index (Phi) is 57.3. The molecule has 0 amide bonds. The zero-order chi connectivity index (χ0) is 23.0. The quantitative estimate of drug-likeness (QED) is 0.274. The third kappa shape index (κ3) is 32.5. The van der Waals surface area contributed by atoms with E-state index in [9.17, 15) is 0 Å². The number of rotatable bonds is 6. The van der Waals surface area contributed by atoms with Crippen molar-refractivity contribution in [3.63, 3.8) is 0 Å². The number of para-hydroxylation sites is 2. The average molecular weight is 534 g/mol. The molecule has 2 aliphatic rings. The predicted octanol–water partition coefficient (Wildman–Crippen LogP) is 9.20. The van der Waals surface area contributed by atoms with Crippen LogP contribution in [0.4, 0.5) is 0 Å². The molecule has 0 spiro atoms. The van der Waals surface area contributed by atoms with Gasteiger partial charge in [0.15, 0.2) is 0 Å². The molecular weight excluding hydrogens is 475 g/mol. The second kappa shape index (κ2) is 39.7. The molecule has 0 N–H and O–H groups in total. The third-order valence-electron chi connectivity index (χ3n) is 3.16. The van der Waals surface area contributed by atoms with Crippen LogP contribution in [0, 0.1) is 14.9 Å². The summed E-state index contributed by atoms with van der Waals surface area (Å²) in [5.41, 5.74) is 0. The smallest absolute Gasteiger partial charge is 0.491 e. The van der Waals surface area contributed by atoms with Crippen molar-refractivity contribution < 1.29 is 37.5 Å². The second-order valence-corrected chi connectivity index (χ2v) is 5.16. The summed E-state index contributed by atoms with van der Waals surface area (Å²) < 4.78 is 20.8. The topological polar surface area (TPSA) is 43.5 Å². The molecule has 207 valence electrons. The SMILES string of the molecule is C.C.CC.CC.CC.CC.[CH3-].[CH3-].[V+2].c1ccc(OCC2CO2)cc1.c1ccc(OCC2CO2)cc1. The van der Waals surface area contributed by atoms with E-state index in [1.54, 1.807) is 0 Å². The molecule has 2 aromatic carbocycles. The predicted molar refractivity (Wildman–Crippen MR) is 155 cm³/mol. The summed E-state index contributed by atoms with van der Waals surface area (Å²) in [6, 6.07) is 19.6. The Bertz CT molecular complexity index is 493. The number of ether oxygens (including phenoxy) is 4. The minimum absolute atomic E-state index is 0. The van der Waals surface area contributed by atoms with Gasteiger partial charge >= 0.3 is 18.6 Å². The van der Waals surface area contributed by atoms with Gasteiger partial charge in [0.2, 0.25) is 0 Å². The molecule has 2 fully saturated rings. The van der Waals surface area contributed by atoms with E-state index in [2.05, 4.69) is 0 Å². The van der Waals surface area contributed by atoms with Crippen molar-refractivity contribution in [3.05, 3.63) is 75.5 Å². The molecule has 2 atom stereocenters. The minimum Gasteiger partial charge on any atom is -0.491 e. The molecule has 4 rings (SSSR count). The van der Waals surface area contributed by atoms with Crippen LogP contribution in [0.5, 0.6) is 11.5 Å². The van der Waals surface area contributed by atoms with Gasteiger partial charge in [-0.3, -0.25) is 0 Å². The molecule has 2 saturated heterocycles. The molecule has 2 aromatic rings. The number of epoxide rings is 2. The standard InChI is InChI=1S/2C9H10O2.4C2H6.2CH4.2CH3.V/c2*1-2-4-8(5-3-1)10-6-9-7-11-9;4*1-2;;;;;/h2*1-5,9H,6-7H2;4*1-2H3;2*1H4;2*1H3;/q;;;;;;;;2*-1;+2. The first-order valence-corrected chi connectivity index (χ1v) is 11.5. The monoisotopic (exact) mass is 533 g/mol. The van der Waals surface area contributed by atoms with E-state index in [1.807, 2.05) is 116 Å². The van der Waals surface area contributed by atoms with E-state index >= 15 is 0 Å². The van der Waals surface area contributed by atoms with E-state index in [0.29, 0.717) is 25.4 Å². The maximum Gasteiger partial charge on any atom is 2.00 e. The molecule has 0 aliphatic carbocycles. The molecule has 2 unspecified atom stereocenters. The second-order valence-electron chi connectivity index (χ2n) is 5.16. The number of benzene rings is 2. The van der Waals surface area contributed by atoms with E-state index in [4.69, 9.17) is 18.9 Å². The summed E-state index contributed by atoms with van der Waals surface area (Å²) in [6.45, 7) is 19.1. The van der Waals surface area contributed by atoms with Crippen LogP contribution in [0.25, 0.3) is 0 Å². The molecular formula is C30H58O4V. The van der Waals surface area contributed by atoms with Crippen LogP contribution in [0.2, 0.25) is 0 Å². The van der Waals surface area contributed by atoms with Crippen molar-refractivity contribution >= 4 is 0 Å². The molecule has 2 heterocycles. The van der Waals surface area contributed by atoms with Gasteiger partial charge in [-0.2, -0.15) is 0 Å². The largest absolute Gasteiger partial charge is 2.00 e. The Labute approximate surface area is 233 Å². The van der Waals surface area contributed by atoms with Crippen molar-refractivity contribution in [2.75, 3.05) is 26.4 Å². The average Bonchev–Trinajstić information content (AvgIpc) is 3.79. The van der Waals surface area contributed by atoms with Gasteiger partial charge in [0, 0.05) is 0 Å². The van der Waals surface area contributed by atoms with Crippen molar-refractivity contribution in [2.24, 2.45) is 0 Å². The van der Waals surface area contributed by atoms with Crippen molar-refractivity contribution in [1.29, 1.82) is 0 Å². The Morgan fingerprint density at radius 2 is 0.800 bits per heavy atom. The third-order valence-corrected chi connectivity index (χ3v) is 3.16. The molecule has 0 saturated carbocycles. The van der Waals surface area contributed by atoms with Gasteiger partial charge < -0.3 is 33.8 Å². The fourth-order valence-electron chi connectivity index (χ4n) is 1.74. The molecule has 1 radical (unpaired) electrons. The van der Waals surface area contributed by atoms with E-state index in [0.717, 1.165) is 24.7 Å². The first-order chi connectivity index (χ1) is 14.9. The van der Waals surface area contributed by atoms with Crippen LogP contribution in [0.15, 0.2) is 60.7 Å². The molecule has 35 heavy (non-hydrogen) atoms. The summed E-state index contributed by atoms with van der Waals surface area (Å²) in [7, 11) is 0. The molecule has 4 nitrogen and oxygen atoms in total. The number of hydrogen-bond donors (Lipinski definition) is 0. The maximum absolute atomic E-state index is 5.40. The normalized spacial score (nSPS) is 14.1. The zero-order valence-electron chi connectivity index (χ0n) is 22.8. The zero-order valence-corrected chi connectivity index (χ0v) is 24.2. The van der Waals surface area contributed by atoms with Gasteiger partial charge in [-0.05, 0) is 24.3 Å². The van der Waals surface area contributed by atoms with Gasteiger partial charge in [0.1, 0.15) is 36.9 Å². The van der Waals surface area contributed by atoms with Crippen molar-refractivity contribution in [2.45, 2.75) is 82.5 Å². The first kappa shape index (κ1) is 50.4. The Morgan fingerprint density at radius 3 is 1.00 bits per heavy atom. The van der Waals surface area contributed by atoms with Crippen LogP contribution in [0.3, 0.4) is 0 Å². The van der Waals surface area contributed by atoms with E-state index in [1.165, 1.54) is 0 Å². The first-order valence-electron chi connectivity index (χ1n) is 11.5. The number of hydrogen-bond acceptors (Lipinski definition) is 4. The molecule has 0 bridgehead atoms. The van der Waals surface area contributed by atoms with Crippen LogP contribution >= 0.6 is 0 Å². The van der Waals surface area contributed by atoms with Crippen molar-refractivity contribution in [1.82, 2.24) is 0 Å². The van der Waals surface area contributed by atoms with Crippen LogP contribution in [-0.4, -0.2) is 38.6 Å². The summed E-state index contributed by atoms with van der Waals surface area (Å²) in [6.07, 6.45) is 0.686. The molecule has 2 aliphatic heterocycles. The van der Waals surface area contributed by atoms with Crippen LogP contribution in [0.1, 0.15) is 70.2 Å². The van der Waals surface area contributed by atoms with E-state index < -0.39 is 0 Å². The van der Waals surface area contributed by atoms with Gasteiger partial charge in [-0.1, -0.05) is 107 Å². The van der Waals surface area contributed by atoms with E-state index in [-0.39, 0.29) is 48.3 Å². The Hall–Kier alpha value is -1.46. The summed E-state index contributed by atoms with van der Waals surface area (Å²) in [5, 5.41) is 0. The maximum atomic E-state index is 5.40. The van der Waals surface area contributed by atoms with Gasteiger partial charge in [-0.15, -0.1) is 0 Å². The fraction of sp³-hybridized carbons (Fsp3) is 0.533. The summed E-state index contributed by atoms with van der Waals surface area (Å²) in [4.78, 5) is 0.